The molecule has 1 aliphatic heterocycles. The molecular weight excluding hydrogens is 439 g/mol. The van der Waals surface area contributed by atoms with E-state index in [9.17, 15) is 4.79 Å². The van der Waals surface area contributed by atoms with Gasteiger partial charge in [0.15, 0.2) is 0 Å². The van der Waals surface area contributed by atoms with Crippen LogP contribution in [-0.2, 0) is 21.5 Å². The van der Waals surface area contributed by atoms with Crippen LogP contribution in [0.2, 0.25) is 0 Å². The molecule has 5 heteroatoms. The molecule has 4 nitrogen and oxygen atoms in total. The van der Waals surface area contributed by atoms with Gasteiger partial charge in [0, 0.05) is 0 Å². The van der Waals surface area contributed by atoms with Crippen molar-refractivity contribution in [2.75, 3.05) is 20.2 Å². The van der Waals surface area contributed by atoms with E-state index < -0.39 is 0 Å². The van der Waals surface area contributed by atoms with Crippen LogP contribution >= 0.6 is 0 Å². The van der Waals surface area contributed by atoms with E-state index in [0.29, 0.717) is 0 Å². The van der Waals surface area contributed by atoms with Crippen molar-refractivity contribution in [1.82, 2.24) is 9.88 Å². The Morgan fingerprint density at radius 2 is 1.70 bits per heavy atom. The number of hydrogen-bond donors (Lipinski definition) is 0. The van der Waals surface area contributed by atoms with Crippen molar-refractivity contribution in [1.29, 1.82) is 0 Å². The van der Waals surface area contributed by atoms with Crippen LogP contribution in [0.25, 0.3) is 20.1 Å². The Bertz CT molecular complexity index is 1010. The number of carbonyl (C=O) groups is 1. The first-order valence-electron chi connectivity index (χ1n) is 10.3. The molecule has 0 saturated carbocycles. The molecule has 1 aliphatic rings. The summed E-state index contributed by atoms with van der Waals surface area (Å²) in [7, 11) is 1.46. The Hall–Kier alpha value is -2.20. The van der Waals surface area contributed by atoms with Crippen molar-refractivity contribution in [3.8, 4) is 20.1 Å². The fourth-order valence-corrected chi connectivity index (χ4v) is 5.65. The second-order valence-electron chi connectivity index (χ2n) is 8.97. The number of aromatic nitrogens is 1. The zero-order valence-corrected chi connectivity index (χ0v) is 19.7. The van der Waals surface area contributed by atoms with Crippen LogP contribution in [0.15, 0.2) is 54.7 Å². The van der Waals surface area contributed by atoms with E-state index in [1.54, 1.807) is 0 Å². The molecule has 0 amide bonds. The number of esters is 1. The average Bonchev–Trinajstić information content (AvgIpc) is 3.20. The van der Waals surface area contributed by atoms with Crippen molar-refractivity contribution < 1.29 is 9.53 Å². The Labute approximate surface area is 184 Å². The van der Waals surface area contributed by atoms with E-state index in [1.807, 2.05) is 6.20 Å². The maximum atomic E-state index is 11.5. The third-order valence-electron chi connectivity index (χ3n) is 5.64. The average molecular weight is 467 g/mol. The van der Waals surface area contributed by atoms with Gasteiger partial charge in [-0.1, -0.05) is 0 Å². The molecule has 0 spiro atoms. The Kier molecular flexibility index (Phi) is 5.97. The van der Waals surface area contributed by atoms with Crippen LogP contribution in [-0.4, -0.2) is 50.6 Å². The fraction of sp³-hybridized carbons (Fsp3) is 0.360. The minimum atomic E-state index is -0.0964. The molecular formula is C25H28N2O2Se. The first kappa shape index (κ1) is 21.0. The van der Waals surface area contributed by atoms with E-state index >= 15 is 0 Å². The molecule has 2 heterocycles. The van der Waals surface area contributed by atoms with E-state index in [4.69, 9.17) is 9.72 Å². The molecule has 3 aromatic rings. The summed E-state index contributed by atoms with van der Waals surface area (Å²) >= 11 is 0.218. The number of nitrogens with zero attached hydrogens (tertiary/aromatic N) is 2. The summed E-state index contributed by atoms with van der Waals surface area (Å²) in [6, 6.07) is 17.6. The second kappa shape index (κ2) is 8.50. The van der Waals surface area contributed by atoms with Gasteiger partial charge in [-0.15, -0.1) is 0 Å². The van der Waals surface area contributed by atoms with Gasteiger partial charge < -0.3 is 0 Å². The van der Waals surface area contributed by atoms with Crippen LogP contribution in [0.4, 0.5) is 0 Å². The van der Waals surface area contributed by atoms with Gasteiger partial charge in [0.2, 0.25) is 0 Å². The quantitative estimate of drug-likeness (QED) is 0.413. The summed E-state index contributed by atoms with van der Waals surface area (Å²) in [5, 5.41) is 0. The molecule has 2 aromatic carbocycles. The summed E-state index contributed by atoms with van der Waals surface area (Å²) in [4.78, 5) is 18.5. The van der Waals surface area contributed by atoms with Gasteiger partial charge in [0.05, 0.1) is 0 Å². The minimum absolute atomic E-state index is 0.0358. The van der Waals surface area contributed by atoms with Crippen molar-refractivity contribution in [3.63, 3.8) is 0 Å². The van der Waals surface area contributed by atoms with Crippen LogP contribution in [0.1, 0.15) is 31.9 Å². The van der Waals surface area contributed by atoms with Gasteiger partial charge in [-0.2, -0.15) is 0 Å². The summed E-state index contributed by atoms with van der Waals surface area (Å²) in [6.45, 7) is 9.16. The monoisotopic (exact) mass is 468 g/mol. The van der Waals surface area contributed by atoms with Crippen molar-refractivity contribution in [2.45, 2.75) is 32.7 Å². The number of benzene rings is 2. The molecule has 0 unspecified atom stereocenters. The van der Waals surface area contributed by atoms with Crippen LogP contribution in [0.3, 0.4) is 0 Å². The van der Waals surface area contributed by atoms with Crippen molar-refractivity contribution in [3.05, 3.63) is 65.9 Å². The molecule has 4 rings (SSSR count). The Morgan fingerprint density at radius 1 is 1.07 bits per heavy atom. The predicted molar refractivity (Wildman–Crippen MR) is 122 cm³/mol. The number of methoxy groups -OCH3 is 1. The molecule has 30 heavy (non-hydrogen) atoms. The van der Waals surface area contributed by atoms with Gasteiger partial charge in [0.1, 0.15) is 0 Å². The number of rotatable bonds is 5. The zero-order valence-electron chi connectivity index (χ0n) is 18.0. The number of likely N-dealkylation sites (tertiary alicyclic amines) is 1. The number of carbonyl (C=O) groups excluding carboxylic acids is 1. The van der Waals surface area contributed by atoms with Gasteiger partial charge in [-0.25, -0.2) is 0 Å². The van der Waals surface area contributed by atoms with Crippen LogP contribution < -0.4 is 0 Å². The summed E-state index contributed by atoms with van der Waals surface area (Å²) in [6.07, 6.45) is 2.03. The molecule has 0 N–H and O–H groups in total. The van der Waals surface area contributed by atoms with Gasteiger partial charge >= 0.3 is 185 Å². The van der Waals surface area contributed by atoms with E-state index in [0.717, 1.165) is 19.6 Å². The van der Waals surface area contributed by atoms with Gasteiger partial charge in [0.25, 0.3) is 0 Å². The third-order valence-corrected chi connectivity index (χ3v) is 7.94. The first-order valence-corrected chi connectivity index (χ1v) is 12.0. The van der Waals surface area contributed by atoms with E-state index in [2.05, 4.69) is 74.2 Å². The predicted octanol–water partition coefficient (Wildman–Crippen LogP) is 4.37. The number of hydrogen-bond acceptors (Lipinski definition) is 4. The van der Waals surface area contributed by atoms with Crippen LogP contribution in [0.5, 0.6) is 0 Å². The first-order chi connectivity index (χ1) is 14.3. The molecule has 156 valence electrons. The normalized spacial score (nSPS) is 15.1. The Balaban J connectivity index is 1.40. The standard InChI is InChI=1S/C25H28N2O2Se/c1-25(2,3)21-11-9-19(10-12-21)23-26-13-22(30-23)18-7-5-17(6-8-18)14-27-15-20(16-27)24(28)29-4/h5-13,20H,14-16H2,1-4H3. The fourth-order valence-electron chi connectivity index (χ4n) is 3.70. The van der Waals surface area contributed by atoms with Crippen molar-refractivity contribution >= 4 is 20.5 Å². The SMILES string of the molecule is COC(=O)C1CN(Cc2ccc(-c3cnc(-c4ccc(C(C)(C)C)cc4)[se]3)cc2)C1. The summed E-state index contributed by atoms with van der Waals surface area (Å²) < 4.78 is 7.31. The van der Waals surface area contributed by atoms with Crippen molar-refractivity contribution in [2.24, 2.45) is 5.92 Å². The Morgan fingerprint density at radius 3 is 2.30 bits per heavy atom. The van der Waals surface area contributed by atoms with E-state index in [-0.39, 0.29) is 31.8 Å². The molecule has 0 radical (unpaired) electrons. The molecule has 1 fully saturated rings. The molecule has 1 saturated heterocycles. The third kappa shape index (κ3) is 4.59. The molecule has 0 aliphatic carbocycles. The summed E-state index contributed by atoms with van der Waals surface area (Å²) in [5.41, 5.74) is 5.26. The number of ether oxygens (including phenoxy) is 1. The van der Waals surface area contributed by atoms with Gasteiger partial charge in [-0.05, 0) is 0 Å². The van der Waals surface area contributed by atoms with Crippen LogP contribution in [0, 0.1) is 5.92 Å². The topological polar surface area (TPSA) is 42.4 Å². The molecule has 0 bridgehead atoms. The molecule has 1 aromatic heterocycles. The second-order valence-corrected chi connectivity index (χ2v) is 11.1. The zero-order chi connectivity index (χ0) is 21.3. The maximum absolute atomic E-state index is 11.5. The van der Waals surface area contributed by atoms with Gasteiger partial charge in [-0.3, -0.25) is 0 Å². The van der Waals surface area contributed by atoms with E-state index in [1.165, 1.54) is 38.4 Å². The molecule has 0 atom stereocenters. The summed E-state index contributed by atoms with van der Waals surface area (Å²) in [5.74, 6) is -0.0606.